The third kappa shape index (κ3) is 7.58. The van der Waals surface area contributed by atoms with E-state index in [0.29, 0.717) is 32.0 Å². The Labute approximate surface area is 191 Å². The molecule has 0 radical (unpaired) electrons. The van der Waals surface area contributed by atoms with Crippen LogP contribution in [0.2, 0.25) is 0 Å². The summed E-state index contributed by atoms with van der Waals surface area (Å²) in [6.45, 7) is 7.03. The monoisotopic (exact) mass is 435 g/mol. The second-order valence-electron chi connectivity index (χ2n) is 8.64. The number of hydrogen-bond donors (Lipinski definition) is 1. The first-order chi connectivity index (χ1) is 15.5. The van der Waals surface area contributed by atoms with E-state index in [2.05, 4.69) is 25.2 Å². The number of urea groups is 1. The van der Waals surface area contributed by atoms with Crippen molar-refractivity contribution in [1.29, 1.82) is 5.26 Å². The van der Waals surface area contributed by atoms with E-state index in [1.807, 2.05) is 53.4 Å². The van der Waals surface area contributed by atoms with E-state index in [9.17, 15) is 4.79 Å². The molecule has 1 fully saturated rings. The first-order valence-electron chi connectivity index (χ1n) is 11.4. The highest BCUT2D eigenvalue weighted by molar-refractivity contribution is 5.89. The third-order valence-electron chi connectivity index (χ3n) is 5.57. The SMILES string of the molecule is CC(C)CCOC1CCN(C(=O)Nc2cccc(COc3ccc(CC#N)cc3)c2)CC1. The molecule has 3 rings (SSSR count). The summed E-state index contributed by atoms with van der Waals surface area (Å²) in [5.74, 6) is 1.40. The van der Waals surface area contributed by atoms with Crippen LogP contribution in [-0.2, 0) is 17.8 Å². The fourth-order valence-electron chi connectivity index (χ4n) is 3.60. The molecule has 0 bridgehead atoms. The van der Waals surface area contributed by atoms with Gasteiger partial charge in [-0.25, -0.2) is 4.79 Å². The van der Waals surface area contributed by atoms with Crippen LogP contribution in [0.3, 0.4) is 0 Å². The average molecular weight is 436 g/mol. The number of ether oxygens (including phenoxy) is 2. The highest BCUT2D eigenvalue weighted by atomic mass is 16.5. The molecule has 1 saturated heterocycles. The number of anilines is 1. The van der Waals surface area contributed by atoms with Gasteiger partial charge in [0.25, 0.3) is 0 Å². The molecular weight excluding hydrogens is 402 g/mol. The lowest BCUT2D eigenvalue weighted by atomic mass is 10.1. The van der Waals surface area contributed by atoms with Gasteiger partial charge in [-0.3, -0.25) is 0 Å². The molecule has 6 heteroatoms. The minimum atomic E-state index is -0.0724. The summed E-state index contributed by atoms with van der Waals surface area (Å²) in [6, 6.07) is 17.3. The maximum atomic E-state index is 12.7. The number of nitrogens with zero attached hydrogens (tertiary/aromatic N) is 2. The van der Waals surface area contributed by atoms with Crippen LogP contribution in [0.1, 0.15) is 44.2 Å². The number of nitriles is 1. The summed E-state index contributed by atoms with van der Waals surface area (Å²) < 4.78 is 11.8. The fraction of sp³-hybridized carbons (Fsp3) is 0.462. The molecule has 1 N–H and O–H groups in total. The first kappa shape index (κ1) is 23.6. The summed E-state index contributed by atoms with van der Waals surface area (Å²) in [7, 11) is 0. The summed E-state index contributed by atoms with van der Waals surface area (Å²) in [4.78, 5) is 14.5. The summed E-state index contributed by atoms with van der Waals surface area (Å²) >= 11 is 0. The number of carbonyl (C=O) groups is 1. The van der Waals surface area contributed by atoms with Crippen molar-refractivity contribution in [3.63, 3.8) is 0 Å². The minimum absolute atomic E-state index is 0.0724. The molecule has 2 aromatic rings. The van der Waals surface area contributed by atoms with E-state index in [-0.39, 0.29) is 12.1 Å². The zero-order valence-electron chi connectivity index (χ0n) is 19.0. The van der Waals surface area contributed by atoms with Gasteiger partial charge in [-0.05, 0) is 60.6 Å². The molecule has 0 unspecified atom stereocenters. The standard InChI is InChI=1S/C26H33N3O3/c1-20(2)13-17-31-25-11-15-29(16-12-25)26(30)28-23-5-3-4-22(18-23)19-32-24-8-6-21(7-9-24)10-14-27/h3-9,18,20,25H,10-13,15-17,19H2,1-2H3,(H,28,30). The maximum Gasteiger partial charge on any atom is 0.321 e. The third-order valence-corrected chi connectivity index (χ3v) is 5.57. The van der Waals surface area contributed by atoms with E-state index in [1.54, 1.807) is 0 Å². The molecule has 2 amide bonds. The van der Waals surface area contributed by atoms with Gasteiger partial charge in [-0.1, -0.05) is 38.1 Å². The number of hydrogen-bond acceptors (Lipinski definition) is 4. The molecule has 1 aliphatic rings. The number of amides is 2. The Morgan fingerprint density at radius 1 is 1.16 bits per heavy atom. The minimum Gasteiger partial charge on any atom is -0.489 e. The molecule has 6 nitrogen and oxygen atoms in total. The second kappa shape index (κ2) is 12.1. The lowest BCUT2D eigenvalue weighted by molar-refractivity contribution is 0.0112. The van der Waals surface area contributed by atoms with Crippen molar-refractivity contribution in [3.8, 4) is 11.8 Å². The average Bonchev–Trinajstić information content (AvgIpc) is 2.79. The van der Waals surface area contributed by atoms with Gasteiger partial charge in [0, 0.05) is 25.4 Å². The highest BCUT2D eigenvalue weighted by Gasteiger charge is 2.23. The largest absolute Gasteiger partial charge is 0.489 e. The van der Waals surface area contributed by atoms with Crippen LogP contribution >= 0.6 is 0 Å². The van der Waals surface area contributed by atoms with Gasteiger partial charge in [-0.15, -0.1) is 0 Å². The molecule has 2 aromatic carbocycles. The molecular formula is C26H33N3O3. The quantitative estimate of drug-likeness (QED) is 0.573. The molecule has 0 atom stereocenters. The normalized spacial score (nSPS) is 14.2. The predicted molar refractivity (Wildman–Crippen MR) is 126 cm³/mol. The predicted octanol–water partition coefficient (Wildman–Crippen LogP) is 5.39. The number of rotatable bonds is 9. The Kier molecular flexibility index (Phi) is 8.94. The molecule has 0 aliphatic carbocycles. The smallest absolute Gasteiger partial charge is 0.321 e. The molecule has 1 heterocycles. The molecule has 0 spiro atoms. The van der Waals surface area contributed by atoms with Gasteiger partial charge in [-0.2, -0.15) is 5.26 Å². The lowest BCUT2D eigenvalue weighted by Gasteiger charge is -2.32. The van der Waals surface area contributed by atoms with E-state index >= 15 is 0 Å². The molecule has 170 valence electrons. The fourth-order valence-corrected chi connectivity index (χ4v) is 3.60. The van der Waals surface area contributed by atoms with Crippen LogP contribution in [0.25, 0.3) is 0 Å². The van der Waals surface area contributed by atoms with Gasteiger partial charge >= 0.3 is 6.03 Å². The van der Waals surface area contributed by atoms with Crippen molar-refractivity contribution in [2.45, 2.75) is 52.2 Å². The van der Waals surface area contributed by atoms with Crippen LogP contribution in [0.5, 0.6) is 5.75 Å². The van der Waals surface area contributed by atoms with Crippen LogP contribution in [-0.4, -0.2) is 36.7 Å². The van der Waals surface area contributed by atoms with Crippen molar-refractivity contribution in [3.05, 3.63) is 59.7 Å². The molecule has 0 saturated carbocycles. The van der Waals surface area contributed by atoms with Crippen LogP contribution in [0.15, 0.2) is 48.5 Å². The number of carbonyl (C=O) groups excluding carboxylic acids is 1. The zero-order valence-corrected chi connectivity index (χ0v) is 19.0. The van der Waals surface area contributed by atoms with E-state index in [4.69, 9.17) is 14.7 Å². The Morgan fingerprint density at radius 3 is 2.59 bits per heavy atom. The number of nitrogens with one attached hydrogen (secondary N) is 1. The van der Waals surface area contributed by atoms with Crippen LogP contribution in [0.4, 0.5) is 10.5 Å². The number of benzene rings is 2. The van der Waals surface area contributed by atoms with E-state index in [0.717, 1.165) is 48.4 Å². The Morgan fingerprint density at radius 2 is 1.91 bits per heavy atom. The topological polar surface area (TPSA) is 74.6 Å². The lowest BCUT2D eigenvalue weighted by Crippen LogP contribution is -2.43. The Balaban J connectivity index is 1.44. The van der Waals surface area contributed by atoms with Crippen LogP contribution in [0, 0.1) is 17.2 Å². The van der Waals surface area contributed by atoms with Crippen LogP contribution < -0.4 is 10.1 Å². The van der Waals surface area contributed by atoms with E-state index < -0.39 is 0 Å². The zero-order chi connectivity index (χ0) is 22.8. The van der Waals surface area contributed by atoms with Gasteiger partial charge in [0.2, 0.25) is 0 Å². The van der Waals surface area contributed by atoms with Gasteiger partial charge in [0.1, 0.15) is 12.4 Å². The van der Waals surface area contributed by atoms with Crippen molar-refractivity contribution in [2.24, 2.45) is 5.92 Å². The summed E-state index contributed by atoms with van der Waals surface area (Å²) in [5.41, 5.74) is 2.70. The number of piperidine rings is 1. The molecule has 0 aromatic heterocycles. The van der Waals surface area contributed by atoms with Crippen molar-refractivity contribution >= 4 is 11.7 Å². The summed E-state index contributed by atoms with van der Waals surface area (Å²) in [6.07, 6.45) is 3.49. The van der Waals surface area contributed by atoms with Gasteiger partial charge < -0.3 is 19.7 Å². The molecule has 32 heavy (non-hydrogen) atoms. The number of likely N-dealkylation sites (tertiary alicyclic amines) is 1. The Bertz CT molecular complexity index is 897. The van der Waals surface area contributed by atoms with E-state index in [1.165, 1.54) is 0 Å². The second-order valence-corrected chi connectivity index (χ2v) is 8.64. The molecule has 1 aliphatic heterocycles. The van der Waals surface area contributed by atoms with Crippen molar-refractivity contribution in [2.75, 3.05) is 25.0 Å². The van der Waals surface area contributed by atoms with Gasteiger partial charge in [0.15, 0.2) is 0 Å². The Hall–Kier alpha value is -3.04. The first-order valence-corrected chi connectivity index (χ1v) is 11.4. The van der Waals surface area contributed by atoms with Crippen molar-refractivity contribution in [1.82, 2.24) is 4.90 Å². The van der Waals surface area contributed by atoms with Crippen molar-refractivity contribution < 1.29 is 14.3 Å². The highest BCUT2D eigenvalue weighted by Crippen LogP contribution is 2.19. The maximum absolute atomic E-state index is 12.7. The van der Waals surface area contributed by atoms with Gasteiger partial charge in [0.05, 0.1) is 18.6 Å². The summed E-state index contributed by atoms with van der Waals surface area (Å²) in [5, 5.41) is 11.8.